The molecule has 0 fully saturated rings. The van der Waals surface area contributed by atoms with Crippen LogP contribution in [-0.4, -0.2) is 9.97 Å². The van der Waals surface area contributed by atoms with Crippen LogP contribution in [0.4, 0.5) is 0 Å². The monoisotopic (exact) mass is 176 g/mol. The summed E-state index contributed by atoms with van der Waals surface area (Å²) in [5.74, 6) is 1.13. The third-order valence-corrected chi connectivity index (χ3v) is 1.71. The van der Waals surface area contributed by atoms with Crippen LogP contribution in [0.2, 0.25) is 0 Å². The Labute approximate surface area is 74.2 Å². The van der Waals surface area contributed by atoms with Crippen molar-refractivity contribution in [3.63, 3.8) is 0 Å². The molecule has 0 aliphatic carbocycles. The molecule has 0 bridgehead atoms. The molecule has 66 valence electrons. The number of nitrogens with one attached hydrogen (secondary N) is 1. The highest BCUT2D eigenvalue weighted by Gasteiger charge is 2.05. The van der Waals surface area contributed by atoms with Gasteiger partial charge in [0.1, 0.15) is 17.1 Å². The number of aromatic nitrogens is 2. The Morgan fingerprint density at radius 3 is 3.00 bits per heavy atom. The highest BCUT2D eigenvalue weighted by molar-refractivity contribution is 5.53. The van der Waals surface area contributed by atoms with Crippen molar-refractivity contribution in [1.82, 2.24) is 9.97 Å². The molecule has 1 N–H and O–H groups in total. The molecule has 0 unspecified atom stereocenters. The van der Waals surface area contributed by atoms with E-state index < -0.39 is 0 Å². The van der Waals surface area contributed by atoms with E-state index in [0.29, 0.717) is 17.1 Å². The van der Waals surface area contributed by atoms with E-state index in [9.17, 15) is 4.79 Å². The largest absolute Gasteiger partial charge is 0.464 e. The summed E-state index contributed by atoms with van der Waals surface area (Å²) in [6, 6.07) is 3.45. The van der Waals surface area contributed by atoms with E-state index in [-0.39, 0.29) is 5.56 Å². The van der Waals surface area contributed by atoms with Crippen molar-refractivity contribution in [2.75, 3.05) is 0 Å². The van der Waals surface area contributed by atoms with Gasteiger partial charge >= 0.3 is 0 Å². The van der Waals surface area contributed by atoms with Crippen LogP contribution in [0.1, 0.15) is 5.82 Å². The lowest BCUT2D eigenvalue weighted by Gasteiger charge is -1.95. The first kappa shape index (κ1) is 7.79. The van der Waals surface area contributed by atoms with Gasteiger partial charge in [-0.2, -0.15) is 0 Å². The molecule has 0 aliphatic heterocycles. The van der Waals surface area contributed by atoms with Crippen LogP contribution in [0.15, 0.2) is 33.8 Å². The van der Waals surface area contributed by atoms with E-state index in [1.54, 1.807) is 19.1 Å². The number of rotatable bonds is 1. The maximum Gasteiger partial charge on any atom is 0.261 e. The van der Waals surface area contributed by atoms with Gasteiger partial charge in [0.2, 0.25) is 0 Å². The van der Waals surface area contributed by atoms with Gasteiger partial charge in [-0.05, 0) is 19.1 Å². The summed E-state index contributed by atoms with van der Waals surface area (Å²) in [5.41, 5.74) is 0.276. The minimum atomic E-state index is -0.178. The van der Waals surface area contributed by atoms with Crippen LogP contribution < -0.4 is 5.56 Å². The quantitative estimate of drug-likeness (QED) is 0.713. The van der Waals surface area contributed by atoms with Crippen LogP contribution in [0, 0.1) is 6.92 Å². The molecule has 2 aromatic heterocycles. The fourth-order valence-electron chi connectivity index (χ4n) is 1.09. The fourth-order valence-corrected chi connectivity index (χ4v) is 1.09. The third-order valence-electron chi connectivity index (χ3n) is 1.71. The second kappa shape index (κ2) is 2.90. The highest BCUT2D eigenvalue weighted by Crippen LogP contribution is 2.13. The minimum Gasteiger partial charge on any atom is -0.464 e. The first-order chi connectivity index (χ1) is 6.27. The van der Waals surface area contributed by atoms with Gasteiger partial charge in [-0.25, -0.2) is 4.98 Å². The highest BCUT2D eigenvalue weighted by atomic mass is 16.3. The zero-order valence-electron chi connectivity index (χ0n) is 7.07. The topological polar surface area (TPSA) is 58.9 Å². The Hall–Kier alpha value is -1.84. The summed E-state index contributed by atoms with van der Waals surface area (Å²) < 4.78 is 5.08. The van der Waals surface area contributed by atoms with E-state index in [1.165, 1.54) is 12.5 Å². The predicted molar refractivity (Wildman–Crippen MR) is 47.3 cm³/mol. The SMILES string of the molecule is Cc1ncc(-c2ccco2)c(=O)[nH]1. The molecule has 13 heavy (non-hydrogen) atoms. The van der Waals surface area contributed by atoms with Crippen LogP contribution in [0.5, 0.6) is 0 Å². The van der Waals surface area contributed by atoms with Gasteiger partial charge in [-0.1, -0.05) is 0 Å². The normalized spacial score (nSPS) is 10.2. The molecule has 0 saturated carbocycles. The molecule has 0 spiro atoms. The minimum absolute atomic E-state index is 0.178. The summed E-state index contributed by atoms with van der Waals surface area (Å²) >= 11 is 0. The summed E-state index contributed by atoms with van der Waals surface area (Å²) in [6.07, 6.45) is 3.03. The van der Waals surface area contributed by atoms with Crippen LogP contribution in [0.3, 0.4) is 0 Å². The molecule has 0 amide bonds. The van der Waals surface area contributed by atoms with Crippen LogP contribution in [0.25, 0.3) is 11.3 Å². The van der Waals surface area contributed by atoms with Gasteiger partial charge in [0, 0.05) is 6.20 Å². The molecule has 2 aromatic rings. The lowest BCUT2D eigenvalue weighted by atomic mass is 10.2. The molecule has 2 heterocycles. The van der Waals surface area contributed by atoms with Crippen molar-refractivity contribution >= 4 is 0 Å². The molecule has 4 nitrogen and oxygen atoms in total. The van der Waals surface area contributed by atoms with Gasteiger partial charge in [0.05, 0.1) is 6.26 Å². The number of nitrogens with zero attached hydrogens (tertiary/aromatic N) is 1. The van der Waals surface area contributed by atoms with Gasteiger partial charge in [-0.3, -0.25) is 4.79 Å². The summed E-state index contributed by atoms with van der Waals surface area (Å²) in [6.45, 7) is 1.73. The Morgan fingerprint density at radius 1 is 1.54 bits per heavy atom. The standard InChI is InChI=1S/C9H8N2O2/c1-6-10-5-7(9(12)11-6)8-3-2-4-13-8/h2-5H,1H3,(H,10,11,12). The first-order valence-corrected chi connectivity index (χ1v) is 3.87. The third kappa shape index (κ3) is 1.38. The number of hydrogen-bond donors (Lipinski definition) is 1. The lowest BCUT2D eigenvalue weighted by Crippen LogP contribution is -2.10. The van der Waals surface area contributed by atoms with E-state index in [2.05, 4.69) is 9.97 Å². The summed E-state index contributed by atoms with van der Waals surface area (Å²) in [5, 5.41) is 0. The number of hydrogen-bond acceptors (Lipinski definition) is 3. The van der Waals surface area contributed by atoms with E-state index in [1.807, 2.05) is 0 Å². The van der Waals surface area contributed by atoms with Gasteiger partial charge in [0.15, 0.2) is 0 Å². The second-order valence-corrected chi connectivity index (χ2v) is 2.69. The van der Waals surface area contributed by atoms with Gasteiger partial charge in [-0.15, -0.1) is 0 Å². The second-order valence-electron chi connectivity index (χ2n) is 2.69. The van der Waals surface area contributed by atoms with Crippen molar-refractivity contribution in [3.8, 4) is 11.3 Å². The van der Waals surface area contributed by atoms with Crippen LogP contribution in [-0.2, 0) is 0 Å². The number of H-pyrrole nitrogens is 1. The molecule has 0 aliphatic rings. The van der Waals surface area contributed by atoms with E-state index in [0.717, 1.165) is 0 Å². The molecule has 0 atom stereocenters. The lowest BCUT2D eigenvalue weighted by molar-refractivity contribution is 0.581. The zero-order chi connectivity index (χ0) is 9.26. The summed E-state index contributed by atoms with van der Waals surface area (Å²) in [7, 11) is 0. The van der Waals surface area contributed by atoms with E-state index in [4.69, 9.17) is 4.42 Å². The Bertz CT molecular complexity index is 457. The van der Waals surface area contributed by atoms with Crippen LogP contribution >= 0.6 is 0 Å². The maximum absolute atomic E-state index is 11.4. The molecular formula is C9H8N2O2. The Balaban J connectivity index is 2.60. The number of aryl methyl sites for hydroxylation is 1. The van der Waals surface area contributed by atoms with Crippen molar-refractivity contribution in [2.45, 2.75) is 6.92 Å². The summed E-state index contributed by atoms with van der Waals surface area (Å²) in [4.78, 5) is 18.0. The molecule has 0 radical (unpaired) electrons. The van der Waals surface area contributed by atoms with Gasteiger partial charge < -0.3 is 9.40 Å². The smallest absolute Gasteiger partial charge is 0.261 e. The molecule has 0 aromatic carbocycles. The van der Waals surface area contributed by atoms with Crippen molar-refractivity contribution in [2.24, 2.45) is 0 Å². The average Bonchev–Trinajstić information content (AvgIpc) is 2.56. The number of furan rings is 1. The van der Waals surface area contributed by atoms with Crippen molar-refractivity contribution < 1.29 is 4.42 Å². The van der Waals surface area contributed by atoms with Crippen molar-refractivity contribution in [3.05, 3.63) is 40.8 Å². The first-order valence-electron chi connectivity index (χ1n) is 3.87. The zero-order valence-corrected chi connectivity index (χ0v) is 7.07. The van der Waals surface area contributed by atoms with Gasteiger partial charge in [0.25, 0.3) is 5.56 Å². The van der Waals surface area contributed by atoms with E-state index >= 15 is 0 Å². The number of aromatic amines is 1. The maximum atomic E-state index is 11.4. The molecule has 2 rings (SSSR count). The fraction of sp³-hybridized carbons (Fsp3) is 0.111. The Morgan fingerprint density at radius 2 is 2.38 bits per heavy atom. The average molecular weight is 176 g/mol. The van der Waals surface area contributed by atoms with Crippen molar-refractivity contribution in [1.29, 1.82) is 0 Å². The predicted octanol–water partition coefficient (Wildman–Crippen LogP) is 1.34. The Kier molecular flexibility index (Phi) is 1.73. The molecule has 0 saturated heterocycles. The molecular weight excluding hydrogens is 168 g/mol. The molecule has 4 heteroatoms.